The maximum atomic E-state index is 13.0. The second-order valence-electron chi connectivity index (χ2n) is 10.4. The van der Waals surface area contributed by atoms with Crippen molar-refractivity contribution in [1.29, 1.82) is 0 Å². The van der Waals surface area contributed by atoms with Crippen LogP contribution in [0.5, 0.6) is 0 Å². The average Bonchev–Trinajstić information content (AvgIpc) is 3.02. The fraction of sp³-hybridized carbons (Fsp3) is 0.643. The standard InChI is InChI=1S/C28H40O4/c1-18(2)23-14-10-19(3)16-25(23)28-24(26(30)17-27(28)31)15-13-22(32-20(4)29)12-11-21-8-6-5-7-9-21/h5-9,13,15,18-19,22-26,28,30H,10-12,14,16-17H2,1-4H3/t19-,22+,23?,24+,25?,26-,28+/m1/s1. The van der Waals surface area contributed by atoms with Crippen molar-refractivity contribution in [3.05, 3.63) is 48.0 Å². The van der Waals surface area contributed by atoms with Gasteiger partial charge in [0.05, 0.1) is 6.10 Å². The molecule has 2 aliphatic rings. The van der Waals surface area contributed by atoms with Gasteiger partial charge in [-0.1, -0.05) is 63.6 Å². The molecule has 0 amide bonds. The Labute approximate surface area is 193 Å². The third-order valence-electron chi connectivity index (χ3n) is 7.60. The lowest BCUT2D eigenvalue weighted by Crippen LogP contribution is -2.37. The van der Waals surface area contributed by atoms with E-state index in [2.05, 4.69) is 32.9 Å². The first-order valence-corrected chi connectivity index (χ1v) is 12.4. The number of hydrogen-bond donors (Lipinski definition) is 1. The first kappa shape index (κ1) is 24.7. The Bertz CT molecular complexity index is 784. The van der Waals surface area contributed by atoms with Gasteiger partial charge in [-0.25, -0.2) is 0 Å². The van der Waals surface area contributed by atoms with Crippen molar-refractivity contribution in [3.8, 4) is 0 Å². The Morgan fingerprint density at radius 1 is 1.22 bits per heavy atom. The molecular formula is C28H40O4. The van der Waals surface area contributed by atoms with Crippen molar-refractivity contribution < 1.29 is 19.4 Å². The van der Waals surface area contributed by atoms with Gasteiger partial charge >= 0.3 is 5.97 Å². The van der Waals surface area contributed by atoms with Gasteiger partial charge in [0.25, 0.3) is 0 Å². The van der Waals surface area contributed by atoms with Crippen molar-refractivity contribution in [1.82, 2.24) is 0 Å². The van der Waals surface area contributed by atoms with E-state index < -0.39 is 6.10 Å². The van der Waals surface area contributed by atoms with Crippen LogP contribution in [-0.2, 0) is 20.7 Å². The second-order valence-corrected chi connectivity index (χ2v) is 10.4. The van der Waals surface area contributed by atoms with E-state index in [9.17, 15) is 14.7 Å². The fourth-order valence-corrected chi connectivity index (χ4v) is 6.01. The van der Waals surface area contributed by atoms with Crippen molar-refractivity contribution in [2.24, 2.45) is 35.5 Å². The lowest BCUT2D eigenvalue weighted by molar-refractivity contribution is -0.144. The molecule has 2 aliphatic carbocycles. The molecule has 4 nitrogen and oxygen atoms in total. The summed E-state index contributed by atoms with van der Waals surface area (Å²) in [7, 11) is 0. The summed E-state index contributed by atoms with van der Waals surface area (Å²) in [6.45, 7) is 8.23. The third-order valence-corrected chi connectivity index (χ3v) is 7.60. The smallest absolute Gasteiger partial charge is 0.303 e. The molecule has 1 aromatic carbocycles. The number of benzene rings is 1. The first-order chi connectivity index (χ1) is 15.3. The number of carbonyl (C=O) groups excluding carboxylic acids is 2. The highest BCUT2D eigenvalue weighted by Gasteiger charge is 2.48. The van der Waals surface area contributed by atoms with Crippen LogP contribution in [0, 0.1) is 35.5 Å². The van der Waals surface area contributed by atoms with Crippen LogP contribution in [0.4, 0.5) is 0 Å². The zero-order valence-electron chi connectivity index (χ0n) is 20.1. The van der Waals surface area contributed by atoms with E-state index >= 15 is 0 Å². The molecule has 2 unspecified atom stereocenters. The van der Waals surface area contributed by atoms with E-state index in [0.29, 0.717) is 30.1 Å². The van der Waals surface area contributed by atoms with Gasteiger partial charge in [-0.2, -0.15) is 0 Å². The van der Waals surface area contributed by atoms with Gasteiger partial charge in [-0.3, -0.25) is 9.59 Å². The number of aliphatic hydroxyl groups is 1. The number of carbonyl (C=O) groups is 2. The Kier molecular flexibility index (Phi) is 8.70. The van der Waals surface area contributed by atoms with Crippen molar-refractivity contribution in [2.75, 3.05) is 0 Å². The molecule has 0 bridgehead atoms. The summed E-state index contributed by atoms with van der Waals surface area (Å²) in [4.78, 5) is 24.7. The van der Waals surface area contributed by atoms with Crippen LogP contribution in [0.1, 0.15) is 65.4 Å². The van der Waals surface area contributed by atoms with Gasteiger partial charge in [-0.15, -0.1) is 0 Å². The van der Waals surface area contributed by atoms with Gasteiger partial charge in [0.1, 0.15) is 11.9 Å². The molecule has 176 valence electrons. The predicted octanol–water partition coefficient (Wildman–Crippen LogP) is 5.38. The van der Waals surface area contributed by atoms with Crippen LogP contribution < -0.4 is 0 Å². The minimum atomic E-state index is -0.652. The number of aliphatic hydroxyl groups excluding tert-OH is 1. The maximum Gasteiger partial charge on any atom is 0.303 e. The number of Topliss-reactive ketones (excluding diaryl/α,β-unsaturated/α-hetero) is 1. The molecular weight excluding hydrogens is 400 g/mol. The van der Waals surface area contributed by atoms with Crippen molar-refractivity contribution >= 4 is 11.8 Å². The van der Waals surface area contributed by atoms with Crippen LogP contribution in [0.25, 0.3) is 0 Å². The molecule has 2 fully saturated rings. The largest absolute Gasteiger partial charge is 0.458 e. The number of ketones is 1. The lowest BCUT2D eigenvalue weighted by atomic mass is 9.63. The molecule has 32 heavy (non-hydrogen) atoms. The molecule has 0 spiro atoms. The van der Waals surface area contributed by atoms with E-state index in [1.165, 1.54) is 18.9 Å². The predicted molar refractivity (Wildman–Crippen MR) is 127 cm³/mol. The molecule has 1 N–H and O–H groups in total. The van der Waals surface area contributed by atoms with Crippen LogP contribution >= 0.6 is 0 Å². The van der Waals surface area contributed by atoms with Gasteiger partial charge in [0.2, 0.25) is 0 Å². The summed E-state index contributed by atoms with van der Waals surface area (Å²) < 4.78 is 5.56. The molecule has 0 saturated heterocycles. The zero-order valence-corrected chi connectivity index (χ0v) is 20.1. The van der Waals surface area contributed by atoms with Gasteiger partial charge in [0.15, 0.2) is 0 Å². The quantitative estimate of drug-likeness (QED) is 0.435. The summed E-state index contributed by atoms with van der Waals surface area (Å²) in [5, 5.41) is 10.8. The molecule has 0 aromatic heterocycles. The Balaban J connectivity index is 1.77. The minimum Gasteiger partial charge on any atom is -0.458 e. The van der Waals surface area contributed by atoms with E-state index in [1.54, 1.807) is 0 Å². The topological polar surface area (TPSA) is 63.6 Å². The third kappa shape index (κ3) is 6.31. The van der Waals surface area contributed by atoms with Crippen LogP contribution in [0.2, 0.25) is 0 Å². The number of aryl methyl sites for hydroxylation is 1. The van der Waals surface area contributed by atoms with Crippen LogP contribution in [-0.4, -0.2) is 29.1 Å². The highest BCUT2D eigenvalue weighted by atomic mass is 16.5. The molecule has 3 rings (SSSR count). The number of ether oxygens (including phenoxy) is 1. The lowest BCUT2D eigenvalue weighted by Gasteiger charge is -2.41. The maximum absolute atomic E-state index is 13.0. The summed E-state index contributed by atoms with van der Waals surface area (Å²) in [5.74, 6) is 1.53. The highest BCUT2D eigenvalue weighted by molar-refractivity contribution is 5.85. The molecule has 0 heterocycles. The fourth-order valence-electron chi connectivity index (χ4n) is 6.01. The average molecular weight is 441 g/mol. The van der Waals surface area contributed by atoms with E-state index in [4.69, 9.17) is 4.74 Å². The van der Waals surface area contributed by atoms with E-state index in [1.807, 2.05) is 30.4 Å². The number of esters is 1. The summed E-state index contributed by atoms with van der Waals surface area (Å²) in [6, 6.07) is 10.1. The number of rotatable bonds is 8. The van der Waals surface area contributed by atoms with Crippen molar-refractivity contribution in [3.63, 3.8) is 0 Å². The van der Waals surface area contributed by atoms with E-state index in [-0.39, 0.29) is 36.1 Å². The Morgan fingerprint density at radius 3 is 2.59 bits per heavy atom. The molecule has 7 atom stereocenters. The zero-order chi connectivity index (χ0) is 23.3. The first-order valence-electron chi connectivity index (χ1n) is 12.4. The monoisotopic (exact) mass is 440 g/mol. The summed E-state index contributed by atoms with van der Waals surface area (Å²) in [6.07, 6.45) is 8.03. The van der Waals surface area contributed by atoms with Crippen LogP contribution in [0.15, 0.2) is 42.5 Å². The summed E-state index contributed by atoms with van der Waals surface area (Å²) >= 11 is 0. The minimum absolute atomic E-state index is 0.136. The second kappa shape index (κ2) is 11.3. The SMILES string of the molecule is CC(=O)O[C@H](C=C[C@H]1[C@H](O)CC(=O)[C@@H]1C1C[C@H](C)CCC1C(C)C)CCc1ccccc1. The van der Waals surface area contributed by atoms with Crippen LogP contribution in [0.3, 0.4) is 0 Å². The normalized spacial score (nSPS) is 31.9. The highest BCUT2D eigenvalue weighted by Crippen LogP contribution is 2.48. The molecule has 2 saturated carbocycles. The van der Waals surface area contributed by atoms with Gasteiger partial charge < -0.3 is 9.84 Å². The van der Waals surface area contributed by atoms with Crippen molar-refractivity contribution in [2.45, 2.75) is 78.4 Å². The molecule has 0 aliphatic heterocycles. The molecule has 0 radical (unpaired) electrons. The molecule has 4 heteroatoms. The van der Waals surface area contributed by atoms with E-state index in [0.717, 1.165) is 19.3 Å². The summed E-state index contributed by atoms with van der Waals surface area (Å²) in [5.41, 5.74) is 1.20. The number of hydrogen-bond acceptors (Lipinski definition) is 4. The van der Waals surface area contributed by atoms with Gasteiger partial charge in [0, 0.05) is 25.2 Å². The Morgan fingerprint density at radius 2 is 1.94 bits per heavy atom. The Hall–Kier alpha value is -1.94. The van der Waals surface area contributed by atoms with Gasteiger partial charge in [-0.05, 0) is 61.0 Å². The molecule has 1 aromatic rings.